The van der Waals surface area contributed by atoms with Gasteiger partial charge in [0.25, 0.3) is 0 Å². The standard InChI is InChI=1S/C9H13O/c1-2-9(10)8-6-4-3-5-7-8/h2H,1,3-7H2. The van der Waals surface area contributed by atoms with Crippen molar-refractivity contribution in [1.82, 2.24) is 0 Å². The molecule has 1 radical (unpaired) electrons. The fourth-order valence-electron chi connectivity index (χ4n) is 1.37. The first kappa shape index (κ1) is 7.52. The molecular weight excluding hydrogens is 124 g/mol. The minimum Gasteiger partial charge on any atom is -0.294 e. The van der Waals surface area contributed by atoms with E-state index in [-0.39, 0.29) is 5.78 Å². The highest BCUT2D eigenvalue weighted by molar-refractivity contribution is 6.00. The Morgan fingerprint density at radius 3 is 2.40 bits per heavy atom. The van der Waals surface area contributed by atoms with Crippen LogP contribution < -0.4 is 0 Å². The lowest BCUT2D eigenvalue weighted by Gasteiger charge is -2.17. The predicted octanol–water partition coefficient (Wildman–Crippen LogP) is 2.28. The summed E-state index contributed by atoms with van der Waals surface area (Å²) in [7, 11) is 0. The molecule has 0 spiro atoms. The second-order valence-corrected chi connectivity index (χ2v) is 2.73. The van der Waals surface area contributed by atoms with E-state index in [9.17, 15) is 4.79 Å². The van der Waals surface area contributed by atoms with Crippen molar-refractivity contribution in [2.45, 2.75) is 32.1 Å². The minimum absolute atomic E-state index is 0.166. The molecule has 0 unspecified atom stereocenters. The second-order valence-electron chi connectivity index (χ2n) is 2.73. The van der Waals surface area contributed by atoms with Crippen molar-refractivity contribution in [3.05, 3.63) is 18.6 Å². The van der Waals surface area contributed by atoms with Gasteiger partial charge in [-0.25, -0.2) is 0 Å². The molecule has 0 heterocycles. The average molecular weight is 137 g/mol. The third kappa shape index (κ3) is 1.69. The van der Waals surface area contributed by atoms with Crippen LogP contribution in [0, 0.1) is 5.92 Å². The maximum Gasteiger partial charge on any atom is 0.162 e. The number of ketones is 1. The molecule has 0 aromatic heterocycles. The summed E-state index contributed by atoms with van der Waals surface area (Å²) in [5.74, 6) is 1.25. The Kier molecular flexibility index (Phi) is 2.67. The molecule has 1 nitrogen and oxygen atoms in total. The molecule has 10 heavy (non-hydrogen) atoms. The largest absolute Gasteiger partial charge is 0.294 e. The predicted molar refractivity (Wildman–Crippen MR) is 41.5 cm³/mol. The normalized spacial score (nSPS) is 20.4. The third-order valence-electron chi connectivity index (χ3n) is 1.99. The molecule has 0 aromatic carbocycles. The van der Waals surface area contributed by atoms with Gasteiger partial charge in [-0.05, 0) is 18.9 Å². The summed E-state index contributed by atoms with van der Waals surface area (Å²) in [5, 5.41) is 0. The SMILES string of the molecule is C=CC(=O)[C]1CCCCC1. The van der Waals surface area contributed by atoms with E-state index in [4.69, 9.17) is 0 Å². The second kappa shape index (κ2) is 3.55. The zero-order valence-corrected chi connectivity index (χ0v) is 6.23. The Morgan fingerprint density at radius 1 is 1.30 bits per heavy atom. The molecular formula is C9H13O. The molecule has 0 amide bonds. The molecule has 0 aromatic rings. The monoisotopic (exact) mass is 137 g/mol. The average Bonchev–Trinajstić information content (AvgIpc) is 2.05. The van der Waals surface area contributed by atoms with Crippen LogP contribution in [0.15, 0.2) is 12.7 Å². The Bertz CT molecular complexity index is 132. The molecule has 1 aliphatic rings. The van der Waals surface area contributed by atoms with E-state index < -0.39 is 0 Å². The molecule has 0 saturated heterocycles. The first-order valence-corrected chi connectivity index (χ1v) is 3.86. The van der Waals surface area contributed by atoms with Gasteiger partial charge in [0.2, 0.25) is 0 Å². The third-order valence-corrected chi connectivity index (χ3v) is 1.99. The van der Waals surface area contributed by atoms with E-state index in [1.165, 1.54) is 25.3 Å². The van der Waals surface area contributed by atoms with Gasteiger partial charge in [-0.3, -0.25) is 4.79 Å². The number of rotatable bonds is 2. The zero-order chi connectivity index (χ0) is 7.40. The Balaban J connectivity index is 2.38. The van der Waals surface area contributed by atoms with Crippen LogP contribution in [0.4, 0.5) is 0 Å². The van der Waals surface area contributed by atoms with Crippen LogP contribution in [0.2, 0.25) is 0 Å². The van der Waals surface area contributed by atoms with Gasteiger partial charge in [0.05, 0.1) is 0 Å². The number of allylic oxidation sites excluding steroid dienone is 1. The minimum atomic E-state index is 0.166. The number of hydrogen-bond donors (Lipinski definition) is 0. The van der Waals surface area contributed by atoms with E-state index in [0.717, 1.165) is 18.8 Å². The van der Waals surface area contributed by atoms with Crippen molar-refractivity contribution in [2.24, 2.45) is 0 Å². The molecule has 0 N–H and O–H groups in total. The van der Waals surface area contributed by atoms with Gasteiger partial charge in [0.15, 0.2) is 5.78 Å². The fourth-order valence-corrected chi connectivity index (χ4v) is 1.37. The first-order valence-electron chi connectivity index (χ1n) is 3.86. The summed E-state index contributed by atoms with van der Waals surface area (Å²) in [6, 6.07) is 0. The van der Waals surface area contributed by atoms with Crippen molar-refractivity contribution in [1.29, 1.82) is 0 Å². The molecule has 1 aliphatic carbocycles. The van der Waals surface area contributed by atoms with Crippen LogP contribution in [0.1, 0.15) is 32.1 Å². The lowest BCUT2D eigenvalue weighted by molar-refractivity contribution is -0.113. The summed E-state index contributed by atoms with van der Waals surface area (Å²) in [5.41, 5.74) is 0. The van der Waals surface area contributed by atoms with Crippen molar-refractivity contribution >= 4 is 5.78 Å². The Morgan fingerprint density at radius 2 is 1.90 bits per heavy atom. The number of carbonyl (C=O) groups excluding carboxylic acids is 1. The van der Waals surface area contributed by atoms with Gasteiger partial charge < -0.3 is 0 Å². The molecule has 1 heteroatoms. The zero-order valence-electron chi connectivity index (χ0n) is 6.23. The van der Waals surface area contributed by atoms with E-state index in [1.807, 2.05) is 0 Å². The van der Waals surface area contributed by atoms with Crippen LogP contribution in [-0.2, 0) is 4.79 Å². The summed E-state index contributed by atoms with van der Waals surface area (Å²) in [6.07, 6.45) is 7.11. The maximum atomic E-state index is 11.0. The number of carbonyl (C=O) groups is 1. The molecule has 0 atom stereocenters. The van der Waals surface area contributed by atoms with Gasteiger partial charge in [-0.2, -0.15) is 0 Å². The van der Waals surface area contributed by atoms with Crippen molar-refractivity contribution < 1.29 is 4.79 Å². The van der Waals surface area contributed by atoms with Gasteiger partial charge >= 0.3 is 0 Å². The van der Waals surface area contributed by atoms with E-state index in [1.54, 1.807) is 0 Å². The summed E-state index contributed by atoms with van der Waals surface area (Å²) in [6.45, 7) is 3.47. The van der Waals surface area contributed by atoms with Crippen LogP contribution in [-0.4, -0.2) is 5.78 Å². The van der Waals surface area contributed by atoms with Crippen LogP contribution in [0.5, 0.6) is 0 Å². The first-order chi connectivity index (χ1) is 4.84. The fraction of sp³-hybridized carbons (Fsp3) is 0.556. The van der Waals surface area contributed by atoms with Gasteiger partial charge in [0, 0.05) is 5.92 Å². The molecule has 0 aliphatic heterocycles. The molecule has 1 rings (SSSR count). The maximum absolute atomic E-state index is 11.0. The highest BCUT2D eigenvalue weighted by Gasteiger charge is 2.18. The van der Waals surface area contributed by atoms with Crippen molar-refractivity contribution in [3.63, 3.8) is 0 Å². The lowest BCUT2D eigenvalue weighted by Crippen LogP contribution is -2.12. The van der Waals surface area contributed by atoms with E-state index in [2.05, 4.69) is 6.58 Å². The summed E-state index contributed by atoms with van der Waals surface area (Å²) < 4.78 is 0. The molecule has 1 fully saturated rings. The molecule has 55 valence electrons. The lowest BCUT2D eigenvalue weighted by atomic mass is 9.86. The Labute approximate surface area is 62.1 Å². The smallest absolute Gasteiger partial charge is 0.162 e. The van der Waals surface area contributed by atoms with Crippen LogP contribution in [0.3, 0.4) is 0 Å². The quantitative estimate of drug-likeness (QED) is 0.533. The highest BCUT2D eigenvalue weighted by atomic mass is 16.1. The van der Waals surface area contributed by atoms with Crippen molar-refractivity contribution in [2.75, 3.05) is 0 Å². The van der Waals surface area contributed by atoms with E-state index >= 15 is 0 Å². The highest BCUT2D eigenvalue weighted by Crippen LogP contribution is 2.26. The van der Waals surface area contributed by atoms with Gasteiger partial charge in [0.1, 0.15) is 0 Å². The summed E-state index contributed by atoms with van der Waals surface area (Å²) in [4.78, 5) is 11.0. The van der Waals surface area contributed by atoms with Crippen molar-refractivity contribution in [3.8, 4) is 0 Å². The van der Waals surface area contributed by atoms with E-state index in [0.29, 0.717) is 0 Å². The Hall–Kier alpha value is -0.590. The van der Waals surface area contributed by atoms with Crippen LogP contribution in [0.25, 0.3) is 0 Å². The van der Waals surface area contributed by atoms with Gasteiger partial charge in [-0.15, -0.1) is 0 Å². The summed E-state index contributed by atoms with van der Waals surface area (Å²) >= 11 is 0. The molecule has 0 bridgehead atoms. The molecule has 1 saturated carbocycles. The topological polar surface area (TPSA) is 17.1 Å². The van der Waals surface area contributed by atoms with Gasteiger partial charge in [-0.1, -0.05) is 25.8 Å². The van der Waals surface area contributed by atoms with Crippen LogP contribution >= 0.6 is 0 Å². The number of hydrogen-bond acceptors (Lipinski definition) is 1.